The molecule has 0 bridgehead atoms. The first-order valence-corrected chi connectivity index (χ1v) is 7.90. The number of rotatable bonds is 6. The molecule has 20 heavy (non-hydrogen) atoms. The van der Waals surface area contributed by atoms with Crippen molar-refractivity contribution in [3.05, 3.63) is 0 Å². The SMILES string of the molecule is CC(C)C1(CNC(=O)CC2(C(=O)O)CCCCC2)CC1. The molecule has 0 aliphatic heterocycles. The van der Waals surface area contributed by atoms with Crippen molar-refractivity contribution in [3.63, 3.8) is 0 Å². The molecule has 2 N–H and O–H groups in total. The second-order valence-corrected chi connectivity index (χ2v) is 7.12. The second kappa shape index (κ2) is 5.74. The average molecular weight is 281 g/mol. The predicted molar refractivity (Wildman–Crippen MR) is 77.3 cm³/mol. The Morgan fingerprint density at radius 1 is 1.10 bits per heavy atom. The Morgan fingerprint density at radius 3 is 2.15 bits per heavy atom. The van der Waals surface area contributed by atoms with Gasteiger partial charge in [-0.3, -0.25) is 9.59 Å². The minimum absolute atomic E-state index is 0.0822. The number of carboxylic acid groups (broad SMARTS) is 1. The first-order chi connectivity index (χ1) is 9.40. The summed E-state index contributed by atoms with van der Waals surface area (Å²) in [6.45, 7) is 5.09. The van der Waals surface area contributed by atoms with E-state index in [4.69, 9.17) is 0 Å². The predicted octanol–water partition coefficient (Wildman–Crippen LogP) is 2.96. The van der Waals surface area contributed by atoms with Crippen molar-refractivity contribution < 1.29 is 14.7 Å². The Hall–Kier alpha value is -1.06. The van der Waals surface area contributed by atoms with Crippen LogP contribution in [0.25, 0.3) is 0 Å². The van der Waals surface area contributed by atoms with Crippen LogP contribution >= 0.6 is 0 Å². The molecule has 2 saturated carbocycles. The average Bonchev–Trinajstić information content (AvgIpc) is 3.18. The van der Waals surface area contributed by atoms with E-state index in [1.165, 1.54) is 12.8 Å². The number of hydrogen-bond donors (Lipinski definition) is 2. The van der Waals surface area contributed by atoms with E-state index in [2.05, 4.69) is 19.2 Å². The van der Waals surface area contributed by atoms with Crippen LogP contribution in [0.1, 0.15) is 65.2 Å². The first kappa shape index (κ1) is 15.3. The number of hydrogen-bond acceptors (Lipinski definition) is 2. The van der Waals surface area contributed by atoms with Gasteiger partial charge in [0, 0.05) is 13.0 Å². The zero-order valence-corrected chi connectivity index (χ0v) is 12.7. The van der Waals surface area contributed by atoms with Crippen molar-refractivity contribution in [1.29, 1.82) is 0 Å². The van der Waals surface area contributed by atoms with Crippen LogP contribution in [-0.4, -0.2) is 23.5 Å². The maximum atomic E-state index is 12.1. The summed E-state index contributed by atoms with van der Waals surface area (Å²) in [5, 5.41) is 12.5. The second-order valence-electron chi connectivity index (χ2n) is 7.12. The zero-order valence-electron chi connectivity index (χ0n) is 12.7. The smallest absolute Gasteiger partial charge is 0.310 e. The fourth-order valence-corrected chi connectivity index (χ4v) is 3.46. The lowest BCUT2D eigenvalue weighted by molar-refractivity contribution is -0.154. The third-order valence-electron chi connectivity index (χ3n) is 5.52. The highest BCUT2D eigenvalue weighted by atomic mass is 16.4. The van der Waals surface area contributed by atoms with E-state index < -0.39 is 11.4 Å². The Balaban J connectivity index is 1.88. The summed E-state index contributed by atoms with van der Waals surface area (Å²) in [6.07, 6.45) is 6.73. The number of carbonyl (C=O) groups is 2. The molecule has 2 aliphatic carbocycles. The van der Waals surface area contributed by atoms with E-state index >= 15 is 0 Å². The summed E-state index contributed by atoms with van der Waals surface area (Å²) in [5.41, 5.74) is -0.532. The van der Waals surface area contributed by atoms with Gasteiger partial charge in [-0.1, -0.05) is 33.1 Å². The van der Waals surface area contributed by atoms with Crippen molar-refractivity contribution in [2.75, 3.05) is 6.54 Å². The normalized spacial score (nSPS) is 23.4. The highest BCUT2D eigenvalue weighted by Crippen LogP contribution is 2.51. The molecule has 0 aromatic heterocycles. The molecule has 114 valence electrons. The van der Waals surface area contributed by atoms with Crippen LogP contribution in [0.5, 0.6) is 0 Å². The maximum Gasteiger partial charge on any atom is 0.310 e. The van der Waals surface area contributed by atoms with Crippen molar-refractivity contribution in [2.45, 2.75) is 65.2 Å². The lowest BCUT2D eigenvalue weighted by atomic mass is 9.71. The Morgan fingerprint density at radius 2 is 1.70 bits per heavy atom. The molecule has 1 amide bonds. The van der Waals surface area contributed by atoms with Gasteiger partial charge in [0.2, 0.25) is 5.91 Å². The minimum Gasteiger partial charge on any atom is -0.481 e. The van der Waals surface area contributed by atoms with E-state index in [1.807, 2.05) is 0 Å². The molecule has 0 radical (unpaired) electrons. The van der Waals surface area contributed by atoms with Crippen molar-refractivity contribution in [1.82, 2.24) is 5.32 Å². The van der Waals surface area contributed by atoms with Gasteiger partial charge < -0.3 is 10.4 Å². The third-order valence-corrected chi connectivity index (χ3v) is 5.52. The molecule has 4 heteroatoms. The monoisotopic (exact) mass is 281 g/mol. The van der Waals surface area contributed by atoms with Gasteiger partial charge in [0.05, 0.1) is 5.41 Å². The maximum absolute atomic E-state index is 12.1. The number of carboxylic acids is 1. The molecule has 2 rings (SSSR count). The fraction of sp³-hybridized carbons (Fsp3) is 0.875. The largest absolute Gasteiger partial charge is 0.481 e. The quantitative estimate of drug-likeness (QED) is 0.786. The van der Waals surface area contributed by atoms with Crippen LogP contribution in [0.4, 0.5) is 0 Å². The van der Waals surface area contributed by atoms with E-state index in [0.717, 1.165) is 19.3 Å². The minimum atomic E-state index is -0.809. The van der Waals surface area contributed by atoms with Gasteiger partial charge in [0.1, 0.15) is 0 Å². The van der Waals surface area contributed by atoms with Gasteiger partial charge in [-0.25, -0.2) is 0 Å². The lowest BCUT2D eigenvalue weighted by Gasteiger charge is -2.32. The van der Waals surface area contributed by atoms with Crippen molar-refractivity contribution in [3.8, 4) is 0 Å². The third kappa shape index (κ3) is 3.15. The van der Waals surface area contributed by atoms with Crippen LogP contribution in [0.15, 0.2) is 0 Å². The van der Waals surface area contributed by atoms with Gasteiger partial charge in [0.15, 0.2) is 0 Å². The highest BCUT2D eigenvalue weighted by Gasteiger charge is 2.46. The summed E-state index contributed by atoms with van der Waals surface area (Å²) in [5.74, 6) is -0.301. The summed E-state index contributed by atoms with van der Waals surface area (Å²) < 4.78 is 0. The van der Waals surface area contributed by atoms with Gasteiger partial charge in [0.25, 0.3) is 0 Å². The van der Waals surface area contributed by atoms with E-state index in [-0.39, 0.29) is 17.7 Å². The Bertz CT molecular complexity index is 379. The van der Waals surface area contributed by atoms with Crippen LogP contribution in [-0.2, 0) is 9.59 Å². The number of carbonyl (C=O) groups excluding carboxylic acids is 1. The lowest BCUT2D eigenvalue weighted by Crippen LogP contribution is -2.41. The molecule has 0 spiro atoms. The van der Waals surface area contributed by atoms with Crippen molar-refractivity contribution in [2.24, 2.45) is 16.7 Å². The van der Waals surface area contributed by atoms with Crippen LogP contribution in [0, 0.1) is 16.7 Å². The summed E-state index contributed by atoms with van der Waals surface area (Å²) in [6, 6.07) is 0. The standard InChI is InChI=1S/C16H27NO3/c1-12(2)16(8-9-16)11-17-13(18)10-15(14(19)20)6-4-3-5-7-15/h12H,3-11H2,1-2H3,(H,17,18)(H,19,20). The molecule has 0 saturated heterocycles. The van der Waals surface area contributed by atoms with E-state index in [1.54, 1.807) is 0 Å². The first-order valence-electron chi connectivity index (χ1n) is 7.90. The summed E-state index contributed by atoms with van der Waals surface area (Å²) in [4.78, 5) is 23.7. The molecule has 0 atom stereocenters. The molecule has 4 nitrogen and oxygen atoms in total. The highest BCUT2D eigenvalue weighted by molar-refractivity contribution is 5.85. The molecule has 2 aliphatic rings. The van der Waals surface area contributed by atoms with Crippen molar-refractivity contribution >= 4 is 11.9 Å². The molecule has 0 aromatic rings. The molecule has 2 fully saturated rings. The Kier molecular flexibility index (Phi) is 4.40. The van der Waals surface area contributed by atoms with Gasteiger partial charge in [-0.15, -0.1) is 0 Å². The number of aliphatic carboxylic acids is 1. The van der Waals surface area contributed by atoms with E-state index in [9.17, 15) is 14.7 Å². The molecular weight excluding hydrogens is 254 g/mol. The summed E-state index contributed by atoms with van der Waals surface area (Å²) >= 11 is 0. The molecule has 0 heterocycles. The molecule has 0 aromatic carbocycles. The zero-order chi connectivity index (χ0) is 14.8. The number of nitrogens with one attached hydrogen (secondary N) is 1. The van der Waals surface area contributed by atoms with Crippen LogP contribution < -0.4 is 5.32 Å². The van der Waals surface area contributed by atoms with Gasteiger partial charge in [-0.2, -0.15) is 0 Å². The van der Waals surface area contributed by atoms with Crippen LogP contribution in [0.3, 0.4) is 0 Å². The Labute approximate surface area is 121 Å². The fourth-order valence-electron chi connectivity index (χ4n) is 3.46. The summed E-state index contributed by atoms with van der Waals surface area (Å²) in [7, 11) is 0. The topological polar surface area (TPSA) is 66.4 Å². The molecular formula is C16H27NO3. The molecule has 0 unspecified atom stereocenters. The van der Waals surface area contributed by atoms with Gasteiger partial charge in [-0.05, 0) is 37.0 Å². The van der Waals surface area contributed by atoms with E-state index in [0.29, 0.717) is 25.3 Å². The number of amides is 1. The van der Waals surface area contributed by atoms with Gasteiger partial charge >= 0.3 is 5.97 Å². The van der Waals surface area contributed by atoms with Crippen LogP contribution in [0.2, 0.25) is 0 Å².